The van der Waals surface area contributed by atoms with Crippen molar-refractivity contribution in [2.75, 3.05) is 20.3 Å². The van der Waals surface area contributed by atoms with Crippen molar-refractivity contribution < 1.29 is 19.1 Å². The molecule has 2 amide bonds. The molecule has 2 rings (SSSR count). The van der Waals surface area contributed by atoms with Gasteiger partial charge in [-0.05, 0) is 24.6 Å². The van der Waals surface area contributed by atoms with Gasteiger partial charge in [0.05, 0.1) is 11.6 Å². The van der Waals surface area contributed by atoms with Crippen LogP contribution < -0.4 is 0 Å². The maximum Gasteiger partial charge on any atom is 0.339 e. The smallest absolute Gasteiger partial charge is 0.339 e. The van der Waals surface area contributed by atoms with Gasteiger partial charge in [-0.2, -0.15) is 0 Å². The second-order valence-electron chi connectivity index (χ2n) is 6.41. The lowest BCUT2D eigenvalue weighted by atomic mass is 10.1. The Hall–Kier alpha value is -2.63. The maximum absolute atomic E-state index is 12.3. The van der Waals surface area contributed by atoms with E-state index in [-0.39, 0.29) is 24.6 Å². The van der Waals surface area contributed by atoms with Crippen molar-refractivity contribution in [3.8, 4) is 0 Å². The Kier molecular flexibility index (Phi) is 7.38. The molecular formula is C20H26N2O4. The summed E-state index contributed by atoms with van der Waals surface area (Å²) in [4.78, 5) is 39.2. The average Bonchev–Trinajstić information content (AvgIpc) is 2.92. The van der Waals surface area contributed by atoms with E-state index in [9.17, 15) is 14.4 Å². The van der Waals surface area contributed by atoms with Gasteiger partial charge in [0.1, 0.15) is 0 Å². The van der Waals surface area contributed by atoms with E-state index in [4.69, 9.17) is 4.74 Å². The van der Waals surface area contributed by atoms with Crippen LogP contribution in [0.4, 0.5) is 4.79 Å². The summed E-state index contributed by atoms with van der Waals surface area (Å²) in [5.41, 5.74) is 0.436. The number of unbranched alkanes of at least 4 members (excludes halogenated alkanes) is 2. The monoisotopic (exact) mass is 358 g/mol. The molecule has 1 aromatic rings. The Balaban J connectivity index is 1.92. The number of hydrogen-bond donors (Lipinski definition) is 0. The van der Waals surface area contributed by atoms with E-state index in [1.54, 1.807) is 48.4 Å². The minimum absolute atomic E-state index is 0.0571. The molecule has 1 fully saturated rings. The normalized spacial score (nSPS) is 17.2. The topological polar surface area (TPSA) is 66.9 Å². The van der Waals surface area contributed by atoms with Crippen molar-refractivity contribution in [2.24, 2.45) is 0 Å². The van der Waals surface area contributed by atoms with Crippen LogP contribution in [0.2, 0.25) is 0 Å². The number of nitrogens with zero attached hydrogens (tertiary/aromatic N) is 2. The van der Waals surface area contributed by atoms with Crippen LogP contribution in [-0.4, -0.2) is 53.9 Å². The Labute approximate surface area is 154 Å². The van der Waals surface area contributed by atoms with Gasteiger partial charge < -0.3 is 9.64 Å². The first-order valence-electron chi connectivity index (χ1n) is 8.98. The van der Waals surface area contributed by atoms with Crippen molar-refractivity contribution in [1.29, 1.82) is 0 Å². The molecular weight excluding hydrogens is 332 g/mol. The van der Waals surface area contributed by atoms with Crippen LogP contribution in [0.25, 0.3) is 0 Å². The predicted octanol–water partition coefficient (Wildman–Crippen LogP) is 3.24. The van der Waals surface area contributed by atoms with E-state index in [0.717, 1.165) is 19.3 Å². The quantitative estimate of drug-likeness (QED) is 0.386. The highest BCUT2D eigenvalue weighted by molar-refractivity contribution is 5.90. The van der Waals surface area contributed by atoms with Gasteiger partial charge >= 0.3 is 12.0 Å². The van der Waals surface area contributed by atoms with Gasteiger partial charge in [-0.15, -0.1) is 0 Å². The number of allylic oxidation sites excluding steroid dienone is 1. The molecule has 0 spiro atoms. The van der Waals surface area contributed by atoms with Crippen LogP contribution in [0.15, 0.2) is 42.5 Å². The number of esters is 1. The van der Waals surface area contributed by atoms with E-state index < -0.39 is 5.97 Å². The van der Waals surface area contributed by atoms with Crippen LogP contribution in [-0.2, 0) is 9.53 Å². The van der Waals surface area contributed by atoms with E-state index in [1.807, 2.05) is 6.07 Å². The molecule has 0 N–H and O–H groups in total. The molecule has 0 aliphatic carbocycles. The summed E-state index contributed by atoms with van der Waals surface area (Å²) in [6.07, 6.45) is 6.77. The average molecular weight is 358 g/mol. The third-order valence-electron chi connectivity index (χ3n) is 4.31. The van der Waals surface area contributed by atoms with Gasteiger partial charge in [0.2, 0.25) is 0 Å². The number of carbonyl (C=O) groups is 3. The Bertz CT molecular complexity index is 657. The number of benzene rings is 1. The largest absolute Gasteiger partial charge is 0.440 e. The molecule has 0 aromatic heterocycles. The fourth-order valence-corrected chi connectivity index (χ4v) is 2.77. The molecule has 0 bridgehead atoms. The summed E-state index contributed by atoms with van der Waals surface area (Å²) in [6.45, 7) is 2.41. The van der Waals surface area contributed by atoms with Crippen molar-refractivity contribution in [2.45, 2.75) is 38.6 Å². The molecule has 0 radical (unpaired) electrons. The van der Waals surface area contributed by atoms with Gasteiger partial charge in [0, 0.05) is 20.0 Å². The third-order valence-corrected chi connectivity index (χ3v) is 4.31. The third kappa shape index (κ3) is 5.44. The summed E-state index contributed by atoms with van der Waals surface area (Å²) in [5, 5.41) is 0. The molecule has 6 heteroatoms. The SMILES string of the molecule is CCCCCC(=O)C=CC1CN(C)C(=O)N1COC(=O)c1ccccc1. The van der Waals surface area contributed by atoms with Crippen molar-refractivity contribution in [3.63, 3.8) is 0 Å². The molecule has 26 heavy (non-hydrogen) atoms. The molecule has 1 aliphatic rings. The number of ether oxygens (including phenoxy) is 1. The highest BCUT2D eigenvalue weighted by Crippen LogP contribution is 2.16. The van der Waals surface area contributed by atoms with Gasteiger partial charge in [-0.1, -0.05) is 44.0 Å². The number of rotatable bonds is 9. The van der Waals surface area contributed by atoms with Gasteiger partial charge in [-0.25, -0.2) is 9.59 Å². The zero-order valence-corrected chi connectivity index (χ0v) is 15.4. The Morgan fingerprint density at radius 2 is 1.96 bits per heavy atom. The van der Waals surface area contributed by atoms with Crippen LogP contribution in [0, 0.1) is 0 Å². The van der Waals surface area contributed by atoms with Crippen molar-refractivity contribution >= 4 is 17.8 Å². The first kappa shape index (κ1) is 19.7. The second-order valence-corrected chi connectivity index (χ2v) is 6.41. The molecule has 1 aromatic carbocycles. The molecule has 1 heterocycles. The Morgan fingerprint density at radius 3 is 2.65 bits per heavy atom. The van der Waals surface area contributed by atoms with Crippen LogP contribution in [0.5, 0.6) is 0 Å². The highest BCUT2D eigenvalue weighted by Gasteiger charge is 2.34. The molecule has 6 nitrogen and oxygen atoms in total. The molecule has 140 valence electrons. The molecule has 0 saturated carbocycles. The van der Waals surface area contributed by atoms with Crippen LogP contribution >= 0.6 is 0 Å². The van der Waals surface area contributed by atoms with E-state index in [1.165, 1.54) is 4.90 Å². The molecule has 1 saturated heterocycles. The van der Waals surface area contributed by atoms with E-state index >= 15 is 0 Å². The minimum Gasteiger partial charge on any atom is -0.440 e. The molecule has 1 aliphatic heterocycles. The van der Waals surface area contributed by atoms with Crippen LogP contribution in [0.1, 0.15) is 43.0 Å². The number of ketones is 1. The zero-order chi connectivity index (χ0) is 18.9. The fraction of sp³-hybridized carbons (Fsp3) is 0.450. The summed E-state index contributed by atoms with van der Waals surface area (Å²) >= 11 is 0. The summed E-state index contributed by atoms with van der Waals surface area (Å²) in [5.74, 6) is -0.423. The van der Waals surface area contributed by atoms with Gasteiger partial charge in [-0.3, -0.25) is 9.69 Å². The first-order chi connectivity index (χ1) is 12.5. The predicted molar refractivity (Wildman–Crippen MR) is 98.7 cm³/mol. The second kappa shape index (κ2) is 9.75. The minimum atomic E-state index is -0.480. The summed E-state index contributed by atoms with van der Waals surface area (Å²) < 4.78 is 5.27. The summed E-state index contributed by atoms with van der Waals surface area (Å²) in [6, 6.07) is 8.13. The molecule has 1 atom stereocenters. The molecule has 1 unspecified atom stereocenters. The summed E-state index contributed by atoms with van der Waals surface area (Å²) in [7, 11) is 1.69. The van der Waals surface area contributed by atoms with Crippen molar-refractivity contribution in [3.05, 3.63) is 48.0 Å². The lowest BCUT2D eigenvalue weighted by Crippen LogP contribution is -2.36. The van der Waals surface area contributed by atoms with Gasteiger partial charge in [0.25, 0.3) is 0 Å². The lowest BCUT2D eigenvalue weighted by Gasteiger charge is -2.20. The highest BCUT2D eigenvalue weighted by atomic mass is 16.5. The van der Waals surface area contributed by atoms with E-state index in [0.29, 0.717) is 18.5 Å². The Morgan fingerprint density at radius 1 is 1.23 bits per heavy atom. The standard InChI is InChI=1S/C20H26N2O4/c1-3-4-6-11-18(23)13-12-17-14-21(2)20(25)22(17)15-26-19(24)16-9-7-5-8-10-16/h5,7-10,12-13,17H,3-4,6,11,14-15H2,1-2H3. The van der Waals surface area contributed by atoms with Crippen LogP contribution in [0.3, 0.4) is 0 Å². The zero-order valence-electron chi connectivity index (χ0n) is 15.4. The van der Waals surface area contributed by atoms with Gasteiger partial charge in [0.15, 0.2) is 12.5 Å². The first-order valence-corrected chi connectivity index (χ1v) is 8.98. The number of amides is 2. The number of carbonyl (C=O) groups excluding carboxylic acids is 3. The van der Waals surface area contributed by atoms with E-state index in [2.05, 4.69) is 6.92 Å². The van der Waals surface area contributed by atoms with Crippen molar-refractivity contribution in [1.82, 2.24) is 9.80 Å². The number of likely N-dealkylation sites (N-methyl/N-ethyl adjacent to an activating group) is 1. The fourth-order valence-electron chi connectivity index (χ4n) is 2.77. The lowest BCUT2D eigenvalue weighted by molar-refractivity contribution is -0.114. The number of hydrogen-bond acceptors (Lipinski definition) is 4. The number of urea groups is 1. The maximum atomic E-state index is 12.3.